The molecule has 2 aromatic heterocycles. The Bertz CT molecular complexity index is 718. The van der Waals surface area contributed by atoms with Gasteiger partial charge in [0.25, 0.3) is 0 Å². The highest BCUT2D eigenvalue weighted by molar-refractivity contribution is 5.91. The van der Waals surface area contributed by atoms with Crippen LogP contribution in [-0.2, 0) is 4.79 Å². The number of halogens is 1. The third-order valence-corrected chi connectivity index (χ3v) is 3.78. The Hall–Kier alpha value is -2.63. The van der Waals surface area contributed by atoms with Gasteiger partial charge in [0, 0.05) is 38.5 Å². The lowest BCUT2D eigenvalue weighted by Crippen LogP contribution is -2.48. The van der Waals surface area contributed by atoms with Crippen LogP contribution in [0.4, 0.5) is 10.2 Å². The van der Waals surface area contributed by atoms with Gasteiger partial charge in [-0.25, -0.2) is 9.37 Å². The van der Waals surface area contributed by atoms with Gasteiger partial charge in [0.1, 0.15) is 11.5 Å². The molecule has 1 fully saturated rings. The molecule has 3 rings (SSSR count). The third kappa shape index (κ3) is 3.59. The molecule has 0 atom stereocenters. The van der Waals surface area contributed by atoms with Crippen molar-refractivity contribution in [1.82, 2.24) is 9.88 Å². The van der Waals surface area contributed by atoms with E-state index in [0.29, 0.717) is 37.8 Å². The molecular weight excluding hydrogens is 297 g/mol. The first kappa shape index (κ1) is 15.3. The summed E-state index contributed by atoms with van der Waals surface area (Å²) in [7, 11) is 0. The highest BCUT2D eigenvalue weighted by Gasteiger charge is 2.22. The number of carbonyl (C=O) groups is 1. The predicted molar refractivity (Wildman–Crippen MR) is 85.5 cm³/mol. The summed E-state index contributed by atoms with van der Waals surface area (Å²) in [6, 6.07) is 6.64. The fraction of sp³-hybridized carbons (Fsp3) is 0.294. The van der Waals surface area contributed by atoms with Gasteiger partial charge >= 0.3 is 0 Å². The van der Waals surface area contributed by atoms with Gasteiger partial charge in [-0.2, -0.15) is 0 Å². The minimum atomic E-state index is -0.333. The van der Waals surface area contributed by atoms with Crippen molar-refractivity contribution in [3.63, 3.8) is 0 Å². The van der Waals surface area contributed by atoms with Gasteiger partial charge in [0.2, 0.25) is 5.91 Å². The monoisotopic (exact) mass is 315 g/mol. The summed E-state index contributed by atoms with van der Waals surface area (Å²) in [5.41, 5.74) is 0. The van der Waals surface area contributed by atoms with Crippen LogP contribution in [0.3, 0.4) is 0 Å². The second kappa shape index (κ2) is 6.64. The second-order valence-electron chi connectivity index (χ2n) is 5.40. The SMILES string of the molecule is Cc1ccc(C=CC(=O)N2CCN(c3ncccc3F)CC2)o1. The Kier molecular flexibility index (Phi) is 4.41. The maximum atomic E-state index is 13.7. The van der Waals surface area contributed by atoms with Crippen molar-refractivity contribution < 1.29 is 13.6 Å². The number of amides is 1. The molecule has 0 spiro atoms. The molecule has 5 nitrogen and oxygen atoms in total. The van der Waals surface area contributed by atoms with Crippen LogP contribution >= 0.6 is 0 Å². The zero-order valence-electron chi connectivity index (χ0n) is 12.9. The Morgan fingerprint density at radius 3 is 2.70 bits per heavy atom. The molecule has 0 saturated carbocycles. The van der Waals surface area contributed by atoms with Crippen molar-refractivity contribution in [2.75, 3.05) is 31.1 Å². The number of aromatic nitrogens is 1. The number of nitrogens with zero attached hydrogens (tertiary/aromatic N) is 3. The van der Waals surface area contributed by atoms with Crippen molar-refractivity contribution in [1.29, 1.82) is 0 Å². The van der Waals surface area contributed by atoms with E-state index in [9.17, 15) is 9.18 Å². The van der Waals surface area contributed by atoms with E-state index < -0.39 is 0 Å². The Labute approximate surface area is 134 Å². The van der Waals surface area contributed by atoms with Crippen molar-refractivity contribution in [3.8, 4) is 0 Å². The van der Waals surface area contributed by atoms with Gasteiger partial charge in [0.15, 0.2) is 11.6 Å². The number of pyridine rings is 1. The first-order valence-electron chi connectivity index (χ1n) is 7.52. The largest absolute Gasteiger partial charge is 0.462 e. The molecule has 1 aliphatic heterocycles. The van der Waals surface area contributed by atoms with E-state index in [2.05, 4.69) is 4.98 Å². The average molecular weight is 315 g/mol. The summed E-state index contributed by atoms with van der Waals surface area (Å²) < 4.78 is 19.1. The Balaban J connectivity index is 1.57. The predicted octanol–water partition coefficient (Wildman–Crippen LogP) is 2.48. The van der Waals surface area contributed by atoms with E-state index in [1.165, 1.54) is 12.1 Å². The van der Waals surface area contributed by atoms with Crippen LogP contribution in [0.25, 0.3) is 6.08 Å². The van der Waals surface area contributed by atoms with Crippen molar-refractivity contribution in [3.05, 3.63) is 53.9 Å². The van der Waals surface area contributed by atoms with Gasteiger partial charge in [-0.3, -0.25) is 4.79 Å². The molecule has 3 heterocycles. The zero-order chi connectivity index (χ0) is 16.2. The molecule has 1 aliphatic rings. The molecule has 23 heavy (non-hydrogen) atoms. The van der Waals surface area contributed by atoms with E-state index >= 15 is 0 Å². The first-order chi connectivity index (χ1) is 11.1. The van der Waals surface area contributed by atoms with Gasteiger partial charge in [-0.15, -0.1) is 0 Å². The molecule has 1 amide bonds. The maximum Gasteiger partial charge on any atom is 0.246 e. The molecule has 0 unspecified atom stereocenters. The second-order valence-corrected chi connectivity index (χ2v) is 5.40. The van der Waals surface area contributed by atoms with Gasteiger partial charge < -0.3 is 14.2 Å². The van der Waals surface area contributed by atoms with Gasteiger partial charge in [0.05, 0.1) is 0 Å². The summed E-state index contributed by atoms with van der Waals surface area (Å²) in [6.45, 7) is 4.06. The number of carbonyl (C=O) groups excluding carboxylic acids is 1. The first-order valence-corrected chi connectivity index (χ1v) is 7.52. The number of hydrogen-bond acceptors (Lipinski definition) is 4. The normalized spacial score (nSPS) is 15.4. The molecule has 2 aromatic rings. The van der Waals surface area contributed by atoms with Crippen LogP contribution in [0.2, 0.25) is 0 Å². The fourth-order valence-electron chi connectivity index (χ4n) is 2.55. The number of furan rings is 1. The summed E-state index contributed by atoms with van der Waals surface area (Å²) >= 11 is 0. The summed E-state index contributed by atoms with van der Waals surface area (Å²) in [5, 5.41) is 0. The number of hydrogen-bond donors (Lipinski definition) is 0. The quantitative estimate of drug-likeness (QED) is 0.817. The van der Waals surface area contributed by atoms with Crippen molar-refractivity contribution >= 4 is 17.8 Å². The van der Waals surface area contributed by atoms with Gasteiger partial charge in [-0.05, 0) is 37.3 Å². The lowest BCUT2D eigenvalue weighted by Gasteiger charge is -2.35. The topological polar surface area (TPSA) is 49.6 Å². The molecule has 0 radical (unpaired) electrons. The standard InChI is InChI=1S/C17H18FN3O2/c1-13-4-5-14(23-13)6-7-16(22)20-9-11-21(12-10-20)17-15(18)3-2-8-19-17/h2-8H,9-12H2,1H3. The number of anilines is 1. The van der Waals surface area contributed by atoms with E-state index in [-0.39, 0.29) is 11.7 Å². The highest BCUT2D eigenvalue weighted by atomic mass is 19.1. The van der Waals surface area contributed by atoms with Crippen LogP contribution in [0.5, 0.6) is 0 Å². The van der Waals surface area contributed by atoms with Crippen LogP contribution < -0.4 is 4.90 Å². The van der Waals surface area contributed by atoms with Crippen LogP contribution in [0, 0.1) is 12.7 Å². The smallest absolute Gasteiger partial charge is 0.246 e. The van der Waals surface area contributed by atoms with Crippen LogP contribution in [-0.4, -0.2) is 42.0 Å². The molecule has 0 aromatic carbocycles. The third-order valence-electron chi connectivity index (χ3n) is 3.78. The van der Waals surface area contributed by atoms with Crippen LogP contribution in [0.1, 0.15) is 11.5 Å². The molecular formula is C17H18FN3O2. The fourth-order valence-corrected chi connectivity index (χ4v) is 2.55. The minimum Gasteiger partial charge on any atom is -0.462 e. The number of rotatable bonds is 3. The molecule has 0 N–H and O–H groups in total. The Morgan fingerprint density at radius 2 is 2.04 bits per heavy atom. The van der Waals surface area contributed by atoms with E-state index in [0.717, 1.165) is 5.76 Å². The highest BCUT2D eigenvalue weighted by Crippen LogP contribution is 2.17. The van der Waals surface area contributed by atoms with Crippen molar-refractivity contribution in [2.45, 2.75) is 6.92 Å². The van der Waals surface area contributed by atoms with E-state index in [4.69, 9.17) is 4.42 Å². The number of aryl methyl sites for hydroxylation is 1. The van der Waals surface area contributed by atoms with Gasteiger partial charge in [-0.1, -0.05) is 0 Å². The summed E-state index contributed by atoms with van der Waals surface area (Å²) in [5.74, 6) is 1.41. The summed E-state index contributed by atoms with van der Waals surface area (Å²) in [6.07, 6.45) is 4.75. The van der Waals surface area contributed by atoms with E-state index in [1.54, 1.807) is 23.2 Å². The molecule has 6 heteroatoms. The molecule has 120 valence electrons. The van der Waals surface area contributed by atoms with Crippen LogP contribution in [0.15, 0.2) is 41.0 Å². The number of piperazine rings is 1. The van der Waals surface area contributed by atoms with E-state index in [1.807, 2.05) is 24.0 Å². The molecule has 1 saturated heterocycles. The minimum absolute atomic E-state index is 0.0693. The van der Waals surface area contributed by atoms with Crippen molar-refractivity contribution in [2.24, 2.45) is 0 Å². The average Bonchev–Trinajstić information content (AvgIpc) is 2.99. The maximum absolute atomic E-state index is 13.7. The lowest BCUT2D eigenvalue weighted by molar-refractivity contribution is -0.126. The molecule has 0 bridgehead atoms. The lowest BCUT2D eigenvalue weighted by atomic mass is 10.2. The zero-order valence-corrected chi connectivity index (χ0v) is 12.9. The Morgan fingerprint density at radius 1 is 1.26 bits per heavy atom. The summed E-state index contributed by atoms with van der Waals surface area (Å²) in [4.78, 5) is 19.8. The molecule has 0 aliphatic carbocycles.